The van der Waals surface area contributed by atoms with Crippen molar-refractivity contribution in [1.82, 2.24) is 4.90 Å². The van der Waals surface area contributed by atoms with Crippen LogP contribution in [0, 0.1) is 0 Å². The predicted octanol–water partition coefficient (Wildman–Crippen LogP) is 3.46. The number of ether oxygens (including phenoxy) is 1. The second kappa shape index (κ2) is 8.02. The van der Waals surface area contributed by atoms with Crippen molar-refractivity contribution in [3.05, 3.63) is 29.8 Å². The highest BCUT2D eigenvalue weighted by atomic mass is 35.5. The van der Waals surface area contributed by atoms with Gasteiger partial charge in [0, 0.05) is 15.2 Å². The maximum Gasteiger partial charge on any atom is 0.118 e. The van der Waals surface area contributed by atoms with Crippen LogP contribution in [0.5, 0.6) is 5.75 Å². The maximum absolute atomic E-state index is 11.2. The Morgan fingerprint density at radius 2 is 1.90 bits per heavy atom. The zero-order chi connectivity index (χ0) is 18.9. The molecule has 1 saturated carbocycles. The van der Waals surface area contributed by atoms with Gasteiger partial charge in [0.25, 0.3) is 0 Å². The van der Waals surface area contributed by atoms with E-state index in [1.807, 2.05) is 0 Å². The van der Waals surface area contributed by atoms with E-state index < -0.39 is 25.1 Å². The molecule has 1 fully saturated rings. The molecule has 0 aromatic heterocycles. The molecule has 1 atom stereocenters. The molecular formula is C17H28ClNO2. The number of hydrogen-bond acceptors (Lipinski definition) is 3. The van der Waals surface area contributed by atoms with Crippen molar-refractivity contribution in [2.45, 2.75) is 43.6 Å². The van der Waals surface area contributed by atoms with Gasteiger partial charge in [0.05, 0.1) is 16.8 Å². The van der Waals surface area contributed by atoms with Crippen LogP contribution in [0.3, 0.4) is 0 Å². The summed E-state index contributed by atoms with van der Waals surface area (Å²) in [5, 5.41) is 11.2. The summed E-state index contributed by atoms with van der Waals surface area (Å²) < 4.78 is 43.4. The highest BCUT2D eigenvalue weighted by Gasteiger charge is 2.38. The van der Waals surface area contributed by atoms with E-state index >= 15 is 0 Å². The van der Waals surface area contributed by atoms with Crippen molar-refractivity contribution in [3.63, 3.8) is 0 Å². The van der Waals surface area contributed by atoms with Crippen molar-refractivity contribution in [2.75, 3.05) is 27.6 Å². The van der Waals surface area contributed by atoms with Gasteiger partial charge in [0.15, 0.2) is 0 Å². The summed E-state index contributed by atoms with van der Waals surface area (Å²) in [6, 6.07) is 6.35. The van der Waals surface area contributed by atoms with Crippen LogP contribution < -0.4 is 4.74 Å². The molecule has 3 nitrogen and oxygen atoms in total. The van der Waals surface area contributed by atoms with E-state index in [-0.39, 0.29) is 18.2 Å². The van der Waals surface area contributed by atoms with E-state index in [0.29, 0.717) is 18.4 Å². The summed E-state index contributed by atoms with van der Waals surface area (Å²) in [6.07, 6.45) is 3.90. The Bertz CT molecular complexity index is 572. The van der Waals surface area contributed by atoms with Crippen molar-refractivity contribution in [2.24, 2.45) is 0 Å². The third-order valence-electron chi connectivity index (χ3n) is 3.98. The SMILES string of the molecule is Cl.[2H]C([2H])([2H])Oc1ccc([C@H](C2(O)CCCCC2)C([2H])([2H])N(C)C)cc1. The molecule has 0 saturated heterocycles. The summed E-state index contributed by atoms with van der Waals surface area (Å²) in [7, 11) is 0.789. The fourth-order valence-corrected chi connectivity index (χ4v) is 2.94. The quantitative estimate of drug-likeness (QED) is 0.902. The van der Waals surface area contributed by atoms with Gasteiger partial charge < -0.3 is 14.7 Å². The first kappa shape index (κ1) is 11.8. The Balaban J connectivity index is 0.00000338. The van der Waals surface area contributed by atoms with Gasteiger partial charge in [-0.2, -0.15) is 0 Å². The molecule has 120 valence electrons. The molecule has 1 aliphatic carbocycles. The number of methoxy groups -OCH3 is 1. The Kier molecular flexibility index (Phi) is 4.49. The average Bonchev–Trinajstić information content (AvgIpc) is 2.48. The van der Waals surface area contributed by atoms with Gasteiger partial charge in [0.2, 0.25) is 0 Å². The van der Waals surface area contributed by atoms with Gasteiger partial charge in [-0.15, -0.1) is 12.4 Å². The van der Waals surface area contributed by atoms with Crippen LogP contribution in [0.4, 0.5) is 0 Å². The molecule has 21 heavy (non-hydrogen) atoms. The molecule has 1 aromatic carbocycles. The van der Waals surface area contributed by atoms with Crippen LogP contribution in [0.15, 0.2) is 24.3 Å². The van der Waals surface area contributed by atoms with Gasteiger partial charge >= 0.3 is 0 Å². The second-order valence-electron chi connectivity index (χ2n) is 5.79. The van der Waals surface area contributed by atoms with Crippen LogP contribution in [-0.4, -0.2) is 43.2 Å². The first-order valence-corrected chi connectivity index (χ1v) is 7.14. The maximum atomic E-state index is 11.2. The zero-order valence-corrected chi connectivity index (χ0v) is 13.4. The van der Waals surface area contributed by atoms with E-state index in [1.54, 1.807) is 26.2 Å². The van der Waals surface area contributed by atoms with Crippen molar-refractivity contribution in [3.8, 4) is 5.75 Å². The molecule has 0 spiro atoms. The average molecular weight is 319 g/mol. The number of likely N-dealkylation sites (N-methyl/N-ethyl adjacent to an activating group) is 1. The van der Waals surface area contributed by atoms with Crippen molar-refractivity contribution >= 4 is 12.4 Å². The monoisotopic (exact) mass is 318 g/mol. The van der Waals surface area contributed by atoms with Gasteiger partial charge in [-0.3, -0.25) is 0 Å². The molecule has 0 heterocycles. The first-order valence-electron chi connectivity index (χ1n) is 9.64. The van der Waals surface area contributed by atoms with Crippen molar-refractivity contribution < 1.29 is 16.7 Å². The Hall–Kier alpha value is -0.770. The number of halogens is 1. The number of hydrogen-bond donors (Lipinski definition) is 1. The normalized spacial score (nSPS) is 23.7. The van der Waals surface area contributed by atoms with E-state index in [4.69, 9.17) is 11.6 Å². The van der Waals surface area contributed by atoms with Crippen molar-refractivity contribution in [1.29, 1.82) is 0 Å². The molecule has 0 aliphatic heterocycles. The molecule has 0 bridgehead atoms. The van der Waals surface area contributed by atoms with E-state index in [0.717, 1.165) is 19.3 Å². The minimum atomic E-state index is -2.53. The standard InChI is InChI=1S/C17H27NO2.ClH/c1-18(2)13-16(17(19)11-5-4-6-12-17)14-7-9-15(20-3)10-8-14;/h7-10,16,19H,4-6,11-13H2,1-3H3;1H/t16-;/m1./s1/i3D3,13D2;. The van der Waals surface area contributed by atoms with E-state index in [2.05, 4.69) is 0 Å². The van der Waals surface area contributed by atoms with Crippen LogP contribution in [0.2, 0.25) is 0 Å². The zero-order valence-electron chi connectivity index (χ0n) is 17.6. The molecule has 4 heteroatoms. The molecule has 0 radical (unpaired) electrons. The third kappa shape index (κ3) is 4.60. The van der Waals surface area contributed by atoms with E-state index in [1.165, 1.54) is 17.0 Å². The van der Waals surface area contributed by atoms with Crippen LogP contribution in [0.25, 0.3) is 0 Å². The topological polar surface area (TPSA) is 32.7 Å². The third-order valence-corrected chi connectivity index (χ3v) is 3.98. The Labute approximate surface area is 141 Å². The summed E-state index contributed by atoms with van der Waals surface area (Å²) in [5.74, 6) is -0.541. The lowest BCUT2D eigenvalue weighted by molar-refractivity contribution is -0.0277. The minimum absolute atomic E-state index is 0. The van der Waals surface area contributed by atoms with Crippen LogP contribution in [-0.2, 0) is 0 Å². The molecule has 0 amide bonds. The number of nitrogens with zero attached hydrogens (tertiary/aromatic N) is 1. The number of rotatable bonds is 5. The molecule has 1 N–H and O–H groups in total. The highest BCUT2D eigenvalue weighted by Crippen LogP contribution is 2.40. The Morgan fingerprint density at radius 1 is 1.29 bits per heavy atom. The van der Waals surface area contributed by atoms with E-state index in [9.17, 15) is 5.11 Å². The van der Waals surface area contributed by atoms with Crippen LogP contribution in [0.1, 0.15) is 50.4 Å². The second-order valence-corrected chi connectivity index (χ2v) is 5.79. The molecule has 1 aromatic rings. The van der Waals surface area contributed by atoms with Gasteiger partial charge in [-0.25, -0.2) is 0 Å². The summed E-state index contributed by atoms with van der Waals surface area (Å²) in [5.41, 5.74) is -0.487. The molecular weight excluding hydrogens is 286 g/mol. The van der Waals surface area contributed by atoms with Gasteiger partial charge in [-0.1, -0.05) is 31.4 Å². The smallest absolute Gasteiger partial charge is 0.118 e. The predicted molar refractivity (Wildman–Crippen MR) is 89.6 cm³/mol. The largest absolute Gasteiger partial charge is 0.497 e. The molecule has 2 rings (SSSR count). The first-order chi connectivity index (χ1) is 11.5. The molecule has 0 unspecified atom stereocenters. The van der Waals surface area contributed by atoms with Gasteiger partial charge in [0.1, 0.15) is 5.75 Å². The summed E-state index contributed by atoms with van der Waals surface area (Å²) in [4.78, 5) is 1.48. The number of aliphatic hydroxyl groups is 1. The lowest BCUT2D eigenvalue weighted by Gasteiger charge is -2.40. The molecule has 1 aliphatic rings. The van der Waals surface area contributed by atoms with Gasteiger partial charge in [-0.05, 0) is 44.6 Å². The Morgan fingerprint density at radius 3 is 2.43 bits per heavy atom. The fraction of sp³-hybridized carbons (Fsp3) is 0.647. The number of benzene rings is 1. The lowest BCUT2D eigenvalue weighted by atomic mass is 9.72. The van der Waals surface area contributed by atoms with Crippen LogP contribution >= 0.6 is 12.4 Å². The fourth-order valence-electron chi connectivity index (χ4n) is 2.94. The summed E-state index contributed by atoms with van der Waals surface area (Å²) >= 11 is 0. The highest BCUT2D eigenvalue weighted by molar-refractivity contribution is 5.85. The lowest BCUT2D eigenvalue weighted by Crippen LogP contribution is -2.42. The minimum Gasteiger partial charge on any atom is -0.497 e. The summed E-state index contributed by atoms with van der Waals surface area (Å²) in [6.45, 7) is -1.75.